The van der Waals surface area contributed by atoms with Crippen molar-refractivity contribution in [2.24, 2.45) is 0 Å². The summed E-state index contributed by atoms with van der Waals surface area (Å²) in [5.74, 6) is 6.43. The number of aromatic nitrogens is 3. The molecule has 3 N–H and O–H groups in total. The Labute approximate surface area is 142 Å². The quantitative estimate of drug-likeness (QED) is 0.585. The first-order valence-electron chi connectivity index (χ1n) is 7.00. The molecule has 1 heterocycles. The van der Waals surface area contributed by atoms with Gasteiger partial charge in [-0.05, 0) is 19.1 Å². The van der Waals surface area contributed by atoms with E-state index in [1.807, 2.05) is 12.1 Å². The summed E-state index contributed by atoms with van der Waals surface area (Å²) < 4.78 is 11.2. The van der Waals surface area contributed by atoms with E-state index in [-0.39, 0.29) is 12.4 Å². The van der Waals surface area contributed by atoms with Gasteiger partial charge in [0.15, 0.2) is 5.82 Å². The highest BCUT2D eigenvalue weighted by atomic mass is 32.2. The van der Waals surface area contributed by atoms with Crippen LogP contribution in [-0.2, 0) is 9.53 Å². The van der Waals surface area contributed by atoms with Crippen LogP contribution in [0.25, 0.3) is 11.4 Å². The summed E-state index contributed by atoms with van der Waals surface area (Å²) in [6.07, 6.45) is -0.785. The van der Waals surface area contributed by atoms with Gasteiger partial charge in [0, 0.05) is 0 Å². The zero-order valence-electron chi connectivity index (χ0n) is 13.2. The van der Waals surface area contributed by atoms with Crippen LogP contribution in [0.1, 0.15) is 6.92 Å². The van der Waals surface area contributed by atoms with E-state index in [1.54, 1.807) is 26.2 Å². The molecule has 0 saturated heterocycles. The normalized spacial score (nSPS) is 10.2. The lowest BCUT2D eigenvalue weighted by atomic mass is 10.2. The monoisotopic (exact) mass is 351 g/mol. The molecular weight excluding hydrogens is 334 g/mol. The van der Waals surface area contributed by atoms with Gasteiger partial charge in [0.2, 0.25) is 11.1 Å². The van der Waals surface area contributed by atoms with Gasteiger partial charge in [-0.15, -0.1) is 10.2 Å². The zero-order valence-corrected chi connectivity index (χ0v) is 14.0. The fourth-order valence-corrected chi connectivity index (χ4v) is 2.49. The number of ether oxygens (including phenoxy) is 2. The molecule has 0 unspecified atom stereocenters. The summed E-state index contributed by atoms with van der Waals surface area (Å²) in [7, 11) is 1.55. The summed E-state index contributed by atoms with van der Waals surface area (Å²) in [5, 5.41) is 10.4. The Morgan fingerprint density at radius 2 is 2.08 bits per heavy atom. The smallest absolute Gasteiger partial charge is 0.413 e. The fraction of sp³-hybridized carbons (Fsp3) is 0.286. The minimum atomic E-state index is -0.785. The van der Waals surface area contributed by atoms with Crippen LogP contribution in [0.4, 0.5) is 4.79 Å². The van der Waals surface area contributed by atoms with E-state index < -0.39 is 12.0 Å². The molecule has 0 spiro atoms. The minimum Gasteiger partial charge on any atom is -0.496 e. The molecule has 0 fully saturated rings. The van der Waals surface area contributed by atoms with Gasteiger partial charge in [0.25, 0.3) is 0 Å². The number of alkyl carbamates (subject to hydrolysis) is 1. The molecule has 0 aliphatic carbocycles. The van der Waals surface area contributed by atoms with E-state index in [9.17, 15) is 9.59 Å². The van der Waals surface area contributed by atoms with Crippen molar-refractivity contribution >= 4 is 23.8 Å². The maximum atomic E-state index is 11.6. The van der Waals surface area contributed by atoms with Crippen molar-refractivity contribution in [2.45, 2.75) is 12.1 Å². The van der Waals surface area contributed by atoms with Gasteiger partial charge in [-0.1, -0.05) is 23.9 Å². The molecule has 2 amide bonds. The van der Waals surface area contributed by atoms with E-state index in [0.717, 1.165) is 11.8 Å². The third-order valence-corrected chi connectivity index (χ3v) is 3.80. The molecule has 0 aliphatic heterocycles. The number of hydrogen-bond donors (Lipinski definition) is 2. The summed E-state index contributed by atoms with van der Waals surface area (Å²) in [6, 6.07) is 7.23. The van der Waals surface area contributed by atoms with E-state index in [2.05, 4.69) is 20.3 Å². The lowest BCUT2D eigenvalue weighted by molar-refractivity contribution is -0.117. The number of benzene rings is 1. The first-order chi connectivity index (χ1) is 11.6. The van der Waals surface area contributed by atoms with Crippen molar-refractivity contribution in [1.82, 2.24) is 20.2 Å². The second-order valence-corrected chi connectivity index (χ2v) is 5.38. The van der Waals surface area contributed by atoms with E-state index in [0.29, 0.717) is 22.3 Å². The second kappa shape index (κ2) is 8.20. The number of thioether (sulfide) groups is 1. The van der Waals surface area contributed by atoms with Crippen LogP contribution in [0, 0.1) is 0 Å². The Kier molecular flexibility index (Phi) is 6.01. The van der Waals surface area contributed by atoms with Crippen molar-refractivity contribution in [2.75, 3.05) is 25.3 Å². The van der Waals surface area contributed by atoms with Crippen LogP contribution >= 0.6 is 11.8 Å². The maximum absolute atomic E-state index is 11.6. The second-order valence-electron chi connectivity index (χ2n) is 4.43. The maximum Gasteiger partial charge on any atom is 0.413 e. The molecule has 9 nitrogen and oxygen atoms in total. The number of carbonyl (C=O) groups is 2. The molecule has 0 aliphatic rings. The van der Waals surface area contributed by atoms with Crippen LogP contribution < -0.4 is 15.9 Å². The lowest BCUT2D eigenvalue weighted by Gasteiger charge is -2.07. The Morgan fingerprint density at radius 3 is 2.79 bits per heavy atom. The average molecular weight is 351 g/mol. The Hall–Kier alpha value is -2.75. The molecule has 0 bridgehead atoms. The highest BCUT2D eigenvalue weighted by molar-refractivity contribution is 7.99. The number of amides is 2. The first kappa shape index (κ1) is 17.6. The molecule has 2 rings (SSSR count). The minimum absolute atomic E-state index is 0.0555. The predicted molar refractivity (Wildman–Crippen MR) is 88.0 cm³/mol. The molecule has 0 atom stereocenters. The van der Waals surface area contributed by atoms with Crippen LogP contribution in [0.3, 0.4) is 0 Å². The van der Waals surface area contributed by atoms with Gasteiger partial charge < -0.3 is 15.3 Å². The van der Waals surface area contributed by atoms with Crippen LogP contribution in [-0.4, -0.2) is 46.3 Å². The van der Waals surface area contributed by atoms with Crippen LogP contribution in [0.5, 0.6) is 5.75 Å². The number of nitrogens with zero attached hydrogens (tertiary/aromatic N) is 3. The van der Waals surface area contributed by atoms with Crippen molar-refractivity contribution in [3.05, 3.63) is 24.3 Å². The predicted octanol–water partition coefficient (Wildman–Crippen LogP) is 1.03. The molecule has 0 radical (unpaired) electrons. The number of hydrogen-bond acceptors (Lipinski definition) is 8. The number of nitrogens with two attached hydrogens (primary N) is 1. The SMILES string of the molecule is CCOC(=O)NC(=O)CSc1nnc(-c2ccccc2OC)n1N. The van der Waals surface area contributed by atoms with E-state index >= 15 is 0 Å². The number of methoxy groups -OCH3 is 1. The Bertz CT molecular complexity index is 734. The number of imide groups is 1. The largest absolute Gasteiger partial charge is 0.496 e. The molecule has 128 valence electrons. The standard InChI is InChI=1S/C14H17N5O4S/c1-3-23-14(21)16-11(20)8-24-13-18-17-12(19(13)15)9-6-4-5-7-10(9)22-2/h4-7H,3,8,15H2,1-2H3,(H,16,20,21). The number of para-hydroxylation sites is 1. The highest BCUT2D eigenvalue weighted by Gasteiger charge is 2.17. The number of nitrogens with one attached hydrogen (secondary N) is 1. The Morgan fingerprint density at radius 1 is 1.33 bits per heavy atom. The third-order valence-electron chi connectivity index (χ3n) is 2.86. The molecular formula is C14H17N5O4S. The van der Waals surface area contributed by atoms with E-state index in [1.165, 1.54) is 4.68 Å². The summed E-state index contributed by atoms with van der Waals surface area (Å²) in [5.41, 5.74) is 0.679. The molecule has 24 heavy (non-hydrogen) atoms. The van der Waals surface area contributed by atoms with Crippen molar-refractivity contribution in [3.8, 4) is 17.1 Å². The number of nitrogen functional groups attached to an aromatic ring is 1. The molecule has 10 heteroatoms. The molecule has 1 aromatic carbocycles. The van der Waals surface area contributed by atoms with Crippen LogP contribution in [0.2, 0.25) is 0 Å². The topological polar surface area (TPSA) is 121 Å². The van der Waals surface area contributed by atoms with Gasteiger partial charge in [-0.2, -0.15) is 0 Å². The van der Waals surface area contributed by atoms with Gasteiger partial charge in [-0.25, -0.2) is 9.47 Å². The molecule has 0 saturated carbocycles. The average Bonchev–Trinajstić information content (AvgIpc) is 2.93. The lowest BCUT2D eigenvalue weighted by Crippen LogP contribution is -2.32. The molecule has 2 aromatic rings. The Balaban J connectivity index is 2.05. The summed E-state index contributed by atoms with van der Waals surface area (Å²) in [6.45, 7) is 1.83. The first-order valence-corrected chi connectivity index (χ1v) is 7.98. The van der Waals surface area contributed by atoms with E-state index in [4.69, 9.17) is 10.6 Å². The van der Waals surface area contributed by atoms with Gasteiger partial charge in [-0.3, -0.25) is 10.1 Å². The fourth-order valence-electron chi connectivity index (χ4n) is 1.84. The number of rotatable bonds is 6. The summed E-state index contributed by atoms with van der Waals surface area (Å²) in [4.78, 5) is 22.8. The van der Waals surface area contributed by atoms with Gasteiger partial charge in [0.1, 0.15) is 5.75 Å². The van der Waals surface area contributed by atoms with Crippen LogP contribution in [0.15, 0.2) is 29.4 Å². The zero-order chi connectivity index (χ0) is 17.5. The van der Waals surface area contributed by atoms with Crippen molar-refractivity contribution in [1.29, 1.82) is 0 Å². The third kappa shape index (κ3) is 4.16. The van der Waals surface area contributed by atoms with Crippen molar-refractivity contribution in [3.63, 3.8) is 0 Å². The number of carbonyl (C=O) groups excluding carboxylic acids is 2. The van der Waals surface area contributed by atoms with Gasteiger partial charge in [0.05, 0.1) is 25.0 Å². The van der Waals surface area contributed by atoms with Gasteiger partial charge >= 0.3 is 6.09 Å². The molecule has 1 aromatic heterocycles. The summed E-state index contributed by atoms with van der Waals surface area (Å²) >= 11 is 1.05. The highest BCUT2D eigenvalue weighted by Crippen LogP contribution is 2.29. The van der Waals surface area contributed by atoms with Crippen molar-refractivity contribution < 1.29 is 19.1 Å².